The molecule has 0 atom stereocenters. The van der Waals surface area contributed by atoms with Crippen molar-refractivity contribution in [3.05, 3.63) is 59.4 Å². The fourth-order valence-electron chi connectivity index (χ4n) is 3.43. The summed E-state index contributed by atoms with van der Waals surface area (Å²) in [6.07, 6.45) is 3.17. The van der Waals surface area contributed by atoms with Gasteiger partial charge in [0, 0.05) is 11.8 Å². The van der Waals surface area contributed by atoms with Crippen LogP contribution >= 0.6 is 0 Å². The molecule has 4 rings (SSSR count). The van der Waals surface area contributed by atoms with E-state index in [4.69, 9.17) is 4.98 Å². The minimum absolute atomic E-state index is 0.156. The summed E-state index contributed by atoms with van der Waals surface area (Å²) in [5.74, 6) is 0. The normalized spacial score (nSPS) is 15.9. The maximum Gasteiger partial charge on any atom is 0.140 e. The lowest BCUT2D eigenvalue weighted by atomic mass is 9.73. The third-order valence-corrected chi connectivity index (χ3v) is 4.46. The van der Waals surface area contributed by atoms with Crippen LogP contribution < -0.4 is 0 Å². The first kappa shape index (κ1) is 11.7. The van der Waals surface area contributed by atoms with Crippen LogP contribution in [0.4, 0.5) is 0 Å². The monoisotopic (exact) mass is 262 g/mol. The van der Waals surface area contributed by atoms with E-state index in [2.05, 4.69) is 67.8 Å². The average molecular weight is 262 g/mol. The molecule has 2 nitrogen and oxygen atoms in total. The van der Waals surface area contributed by atoms with E-state index in [9.17, 15) is 0 Å². The maximum absolute atomic E-state index is 4.92. The van der Waals surface area contributed by atoms with Crippen molar-refractivity contribution in [1.29, 1.82) is 0 Å². The molecule has 1 aliphatic carbocycles. The van der Waals surface area contributed by atoms with Crippen molar-refractivity contribution < 1.29 is 0 Å². The molecule has 0 saturated heterocycles. The summed E-state index contributed by atoms with van der Waals surface area (Å²) in [6.45, 7) is 6.78. The van der Waals surface area contributed by atoms with Gasteiger partial charge >= 0.3 is 0 Å². The Bertz CT molecular complexity index is 825. The molecule has 1 aromatic carbocycles. The van der Waals surface area contributed by atoms with Gasteiger partial charge in [-0.05, 0) is 36.0 Å². The topological polar surface area (TPSA) is 17.3 Å². The molecule has 0 unspecified atom stereocenters. The Labute approximate surface area is 119 Å². The number of rotatable bonds is 0. The van der Waals surface area contributed by atoms with Gasteiger partial charge in [0.15, 0.2) is 0 Å². The molecule has 2 heterocycles. The lowest BCUT2D eigenvalue weighted by molar-refractivity contribution is 0.508. The number of aryl methyl sites for hydroxylation is 1. The van der Waals surface area contributed by atoms with Gasteiger partial charge in [-0.1, -0.05) is 44.2 Å². The van der Waals surface area contributed by atoms with Gasteiger partial charge in [-0.2, -0.15) is 0 Å². The second-order valence-corrected chi connectivity index (χ2v) is 6.40. The van der Waals surface area contributed by atoms with Gasteiger partial charge in [-0.3, -0.25) is 0 Å². The van der Waals surface area contributed by atoms with Crippen LogP contribution in [0.25, 0.3) is 16.9 Å². The Kier molecular flexibility index (Phi) is 2.18. The van der Waals surface area contributed by atoms with Gasteiger partial charge in [-0.15, -0.1) is 0 Å². The number of imidazole rings is 1. The number of fused-ring (bicyclic) bond motifs is 5. The highest BCUT2D eigenvalue weighted by atomic mass is 15.0. The maximum atomic E-state index is 4.92. The van der Waals surface area contributed by atoms with Crippen molar-refractivity contribution in [1.82, 2.24) is 9.38 Å². The van der Waals surface area contributed by atoms with E-state index in [0.717, 1.165) is 17.8 Å². The zero-order valence-electron chi connectivity index (χ0n) is 12.1. The molecular weight excluding hydrogens is 244 g/mol. The molecule has 100 valence electrons. The van der Waals surface area contributed by atoms with E-state index in [1.165, 1.54) is 22.4 Å². The van der Waals surface area contributed by atoms with E-state index in [0.29, 0.717) is 0 Å². The Morgan fingerprint density at radius 1 is 1.10 bits per heavy atom. The van der Waals surface area contributed by atoms with E-state index in [-0.39, 0.29) is 5.41 Å². The molecule has 3 aromatic rings. The average Bonchev–Trinajstić information content (AvgIpc) is 2.79. The Morgan fingerprint density at radius 2 is 1.90 bits per heavy atom. The molecule has 0 N–H and O–H groups in total. The predicted octanol–water partition coefficient (Wildman–Crippen LogP) is 4.14. The summed E-state index contributed by atoms with van der Waals surface area (Å²) < 4.78 is 2.27. The van der Waals surface area contributed by atoms with Gasteiger partial charge in [0.2, 0.25) is 0 Å². The first-order valence-electron chi connectivity index (χ1n) is 7.14. The summed E-state index contributed by atoms with van der Waals surface area (Å²) in [5.41, 5.74) is 7.68. The first-order chi connectivity index (χ1) is 9.58. The fourth-order valence-corrected chi connectivity index (χ4v) is 3.43. The Hall–Kier alpha value is -2.09. The molecule has 0 amide bonds. The third-order valence-electron chi connectivity index (χ3n) is 4.46. The van der Waals surface area contributed by atoms with Crippen molar-refractivity contribution >= 4 is 5.65 Å². The minimum atomic E-state index is 0.156. The number of nitrogens with zero attached hydrogens (tertiary/aromatic N) is 2. The number of benzene rings is 1. The number of hydrogen-bond donors (Lipinski definition) is 0. The number of aromatic nitrogens is 2. The molecule has 0 aliphatic heterocycles. The largest absolute Gasteiger partial charge is 0.303 e. The van der Waals surface area contributed by atoms with Gasteiger partial charge in [0.1, 0.15) is 5.65 Å². The summed E-state index contributed by atoms with van der Waals surface area (Å²) >= 11 is 0. The number of hydrogen-bond acceptors (Lipinski definition) is 1. The van der Waals surface area contributed by atoms with Crippen LogP contribution in [0, 0.1) is 6.92 Å². The fraction of sp³-hybridized carbons (Fsp3) is 0.278. The summed E-state index contributed by atoms with van der Waals surface area (Å²) in [6, 6.07) is 12.9. The van der Waals surface area contributed by atoms with Crippen LogP contribution in [-0.4, -0.2) is 9.38 Å². The first-order valence-corrected chi connectivity index (χ1v) is 7.14. The zero-order valence-corrected chi connectivity index (χ0v) is 12.1. The minimum Gasteiger partial charge on any atom is -0.303 e. The van der Waals surface area contributed by atoms with E-state index in [1.54, 1.807) is 0 Å². The quantitative estimate of drug-likeness (QED) is 0.595. The molecule has 0 fully saturated rings. The smallest absolute Gasteiger partial charge is 0.140 e. The van der Waals surface area contributed by atoms with E-state index in [1.807, 2.05) is 0 Å². The van der Waals surface area contributed by atoms with Crippen LogP contribution in [0.2, 0.25) is 0 Å². The molecular formula is C18H18N2. The second-order valence-electron chi connectivity index (χ2n) is 6.40. The van der Waals surface area contributed by atoms with Crippen molar-refractivity contribution in [3.8, 4) is 11.3 Å². The molecule has 0 saturated carbocycles. The molecule has 2 heteroatoms. The highest BCUT2D eigenvalue weighted by molar-refractivity contribution is 5.74. The molecule has 1 aliphatic rings. The second kappa shape index (κ2) is 3.72. The summed E-state index contributed by atoms with van der Waals surface area (Å²) in [7, 11) is 0. The van der Waals surface area contributed by atoms with Crippen LogP contribution in [0.3, 0.4) is 0 Å². The van der Waals surface area contributed by atoms with Gasteiger partial charge in [-0.25, -0.2) is 4.98 Å². The van der Waals surface area contributed by atoms with Crippen molar-refractivity contribution in [2.24, 2.45) is 0 Å². The van der Waals surface area contributed by atoms with Gasteiger partial charge < -0.3 is 4.40 Å². The van der Waals surface area contributed by atoms with Gasteiger partial charge in [0.05, 0.1) is 11.4 Å². The van der Waals surface area contributed by atoms with Crippen molar-refractivity contribution in [3.63, 3.8) is 0 Å². The SMILES string of the molecule is Cc1cccn2c3c(nc12)-c1ccccc1C(C)(C)C3. The van der Waals surface area contributed by atoms with E-state index >= 15 is 0 Å². The predicted molar refractivity (Wildman–Crippen MR) is 82.1 cm³/mol. The lowest BCUT2D eigenvalue weighted by Gasteiger charge is -2.32. The van der Waals surface area contributed by atoms with Gasteiger partial charge in [0.25, 0.3) is 0 Å². The summed E-state index contributed by atoms with van der Waals surface area (Å²) in [4.78, 5) is 4.92. The molecule has 0 spiro atoms. The van der Waals surface area contributed by atoms with Crippen LogP contribution in [0.15, 0.2) is 42.6 Å². The highest BCUT2D eigenvalue weighted by Crippen LogP contribution is 2.42. The zero-order chi connectivity index (χ0) is 13.9. The molecule has 2 aromatic heterocycles. The summed E-state index contributed by atoms with van der Waals surface area (Å²) in [5, 5.41) is 0. The highest BCUT2D eigenvalue weighted by Gasteiger charge is 2.33. The van der Waals surface area contributed by atoms with E-state index < -0.39 is 0 Å². The van der Waals surface area contributed by atoms with Crippen molar-refractivity contribution in [2.45, 2.75) is 32.6 Å². The standard InChI is InChI=1S/C18H18N2/c1-12-7-6-10-20-15-11-18(2,3)14-9-5-4-8-13(14)16(15)19-17(12)20/h4-10H,11H2,1-3H3. The number of pyridine rings is 1. The lowest BCUT2D eigenvalue weighted by Crippen LogP contribution is -2.26. The van der Waals surface area contributed by atoms with Crippen molar-refractivity contribution in [2.75, 3.05) is 0 Å². The Morgan fingerprint density at radius 3 is 2.75 bits per heavy atom. The van der Waals surface area contributed by atoms with Crippen LogP contribution in [-0.2, 0) is 11.8 Å². The molecule has 0 bridgehead atoms. The van der Waals surface area contributed by atoms with Crippen LogP contribution in [0.1, 0.15) is 30.7 Å². The third kappa shape index (κ3) is 1.42. The Balaban J connectivity index is 2.13. The molecule has 20 heavy (non-hydrogen) atoms. The molecule has 0 radical (unpaired) electrons. The van der Waals surface area contributed by atoms with Crippen LogP contribution in [0.5, 0.6) is 0 Å².